The number of aliphatic hydroxyl groups excluding tert-OH is 1. The van der Waals surface area contributed by atoms with Gasteiger partial charge in [0.05, 0.1) is 13.2 Å². The van der Waals surface area contributed by atoms with Gasteiger partial charge in [0.25, 0.3) is 0 Å². The van der Waals surface area contributed by atoms with Gasteiger partial charge in [-0.05, 0) is 12.8 Å². The molecule has 10 heteroatoms. The summed E-state index contributed by atoms with van der Waals surface area (Å²) < 4.78 is 26.4. The summed E-state index contributed by atoms with van der Waals surface area (Å²) in [5.74, 6) is -0.534. The summed E-state index contributed by atoms with van der Waals surface area (Å²) in [4.78, 5) is 33.3. The summed E-state index contributed by atoms with van der Waals surface area (Å²) in [6.07, 6.45) is 29.9. The number of carbonyl (C=O) groups is 2. The number of hydrogen-bond donors (Lipinski definition) is 3. The van der Waals surface area contributed by atoms with Crippen molar-refractivity contribution in [2.24, 2.45) is 0 Å². The highest BCUT2D eigenvalue weighted by Crippen LogP contribution is 2.42. The van der Waals surface area contributed by atoms with Crippen LogP contribution < -0.4 is 5.32 Å². The molecule has 0 radical (unpaired) electrons. The van der Waals surface area contributed by atoms with E-state index in [0.717, 1.165) is 38.5 Å². The van der Waals surface area contributed by atoms with Crippen molar-refractivity contribution in [2.45, 2.75) is 187 Å². The fourth-order valence-corrected chi connectivity index (χ4v) is 5.96. The Morgan fingerprint density at radius 3 is 1.47 bits per heavy atom. The van der Waals surface area contributed by atoms with Gasteiger partial charge in [0.1, 0.15) is 12.7 Å². The van der Waals surface area contributed by atoms with Crippen molar-refractivity contribution in [3.05, 3.63) is 0 Å². The molecule has 0 fully saturated rings. The zero-order valence-corrected chi connectivity index (χ0v) is 30.0. The van der Waals surface area contributed by atoms with Crippen molar-refractivity contribution in [2.75, 3.05) is 26.4 Å². The molecule has 2 atom stereocenters. The number of rotatable bonds is 35. The lowest BCUT2D eigenvalue weighted by molar-refractivity contribution is -0.147. The molecule has 0 bridgehead atoms. The largest absolute Gasteiger partial charge is 0.472 e. The molecule has 0 aromatic carbocycles. The minimum absolute atomic E-state index is 0.0872. The molecule has 3 N–H and O–H groups in total. The van der Waals surface area contributed by atoms with E-state index in [0.29, 0.717) is 6.42 Å². The Balaban J connectivity index is 3.45. The average molecular weight is 664 g/mol. The van der Waals surface area contributed by atoms with Gasteiger partial charge < -0.3 is 20.1 Å². The van der Waals surface area contributed by atoms with Gasteiger partial charge in [-0.15, -0.1) is 0 Å². The highest BCUT2D eigenvalue weighted by atomic mass is 31.2. The quantitative estimate of drug-likeness (QED) is 0.0347. The second kappa shape index (κ2) is 32.9. The molecule has 0 aliphatic heterocycles. The molecule has 2 unspecified atom stereocenters. The molecule has 0 aliphatic carbocycles. The van der Waals surface area contributed by atoms with Crippen LogP contribution in [-0.4, -0.2) is 54.3 Å². The smallest absolute Gasteiger partial charge is 0.463 e. The van der Waals surface area contributed by atoms with Crippen LogP contribution in [-0.2, 0) is 27.9 Å². The van der Waals surface area contributed by atoms with Crippen molar-refractivity contribution in [1.82, 2.24) is 5.32 Å². The van der Waals surface area contributed by atoms with Gasteiger partial charge in [0.15, 0.2) is 0 Å². The van der Waals surface area contributed by atoms with E-state index in [1.165, 1.54) is 116 Å². The normalized spacial score (nSPS) is 13.4. The molecule has 0 saturated heterocycles. The third-order valence-corrected chi connectivity index (χ3v) is 9.02. The molecule has 0 aromatic rings. The van der Waals surface area contributed by atoms with Gasteiger partial charge in [0.2, 0.25) is 5.91 Å². The van der Waals surface area contributed by atoms with Crippen LogP contribution in [0.3, 0.4) is 0 Å². The number of esters is 1. The molecule has 0 heterocycles. The SMILES string of the molecule is CCCCCCCCCCCCCCCCCCCCCCCC(=O)NCCOP(=O)(O)OCC(O)COC(=O)CCCCC. The monoisotopic (exact) mass is 663 g/mol. The highest BCUT2D eigenvalue weighted by molar-refractivity contribution is 7.47. The van der Waals surface area contributed by atoms with Crippen LogP contribution in [0.1, 0.15) is 181 Å². The molecular weight excluding hydrogens is 593 g/mol. The van der Waals surface area contributed by atoms with Gasteiger partial charge in [-0.2, -0.15) is 0 Å². The zero-order valence-electron chi connectivity index (χ0n) is 29.1. The maximum absolute atomic E-state index is 12.0. The molecule has 45 heavy (non-hydrogen) atoms. The van der Waals surface area contributed by atoms with E-state index in [-0.39, 0.29) is 32.1 Å². The Hall–Kier alpha value is -0.990. The highest BCUT2D eigenvalue weighted by Gasteiger charge is 2.23. The lowest BCUT2D eigenvalue weighted by Crippen LogP contribution is -2.27. The van der Waals surface area contributed by atoms with E-state index in [2.05, 4.69) is 12.2 Å². The molecule has 0 aliphatic rings. The number of hydrogen-bond acceptors (Lipinski definition) is 7. The van der Waals surface area contributed by atoms with Crippen molar-refractivity contribution in [3.63, 3.8) is 0 Å². The summed E-state index contributed by atoms with van der Waals surface area (Å²) in [5.41, 5.74) is 0. The van der Waals surface area contributed by atoms with E-state index >= 15 is 0 Å². The Bertz CT molecular complexity index is 724. The minimum Gasteiger partial charge on any atom is -0.463 e. The topological polar surface area (TPSA) is 131 Å². The Kier molecular flexibility index (Phi) is 32.2. The number of nitrogens with one attached hydrogen (secondary N) is 1. The first-order valence-corrected chi connectivity index (χ1v) is 20.0. The van der Waals surface area contributed by atoms with Crippen molar-refractivity contribution in [3.8, 4) is 0 Å². The summed E-state index contributed by atoms with van der Waals surface area (Å²) in [5, 5.41) is 12.5. The molecule has 9 nitrogen and oxygen atoms in total. The van der Waals surface area contributed by atoms with Crippen LogP contribution in [0.5, 0.6) is 0 Å². The summed E-state index contributed by atoms with van der Waals surface area (Å²) >= 11 is 0. The van der Waals surface area contributed by atoms with Gasteiger partial charge in [0, 0.05) is 19.4 Å². The molecule has 0 rings (SSSR count). The van der Waals surface area contributed by atoms with Crippen LogP contribution in [0.15, 0.2) is 0 Å². The average Bonchev–Trinajstić information content (AvgIpc) is 3.02. The standard InChI is InChI=1S/C35H70NO8P/c1-3-5-7-8-9-10-11-12-13-14-15-16-17-18-19-20-21-22-23-24-26-27-34(38)36-29-30-43-45(40,41)44-32-33(37)31-42-35(39)28-25-6-4-2/h33,37H,3-32H2,1-2H3,(H,36,38)(H,40,41). The lowest BCUT2D eigenvalue weighted by Gasteiger charge is -2.15. The predicted molar refractivity (Wildman–Crippen MR) is 183 cm³/mol. The fourth-order valence-electron chi connectivity index (χ4n) is 5.20. The van der Waals surface area contributed by atoms with Crippen LogP contribution in [0.2, 0.25) is 0 Å². The van der Waals surface area contributed by atoms with Crippen molar-refractivity contribution >= 4 is 19.7 Å². The third-order valence-electron chi connectivity index (χ3n) is 8.04. The summed E-state index contributed by atoms with van der Waals surface area (Å²) in [7, 11) is -4.39. The van der Waals surface area contributed by atoms with Crippen LogP contribution in [0.25, 0.3) is 0 Å². The number of unbranched alkanes of at least 4 members (excludes halogenated alkanes) is 22. The molecule has 0 spiro atoms. The van der Waals surface area contributed by atoms with E-state index in [9.17, 15) is 24.2 Å². The Morgan fingerprint density at radius 2 is 1.00 bits per heavy atom. The summed E-state index contributed by atoms with van der Waals surface area (Å²) in [6, 6.07) is 0. The van der Waals surface area contributed by atoms with Crippen LogP contribution in [0.4, 0.5) is 0 Å². The molecule has 0 saturated carbocycles. The first kappa shape index (κ1) is 44.0. The van der Waals surface area contributed by atoms with E-state index in [1.807, 2.05) is 6.92 Å². The lowest BCUT2D eigenvalue weighted by atomic mass is 10.0. The van der Waals surface area contributed by atoms with E-state index < -0.39 is 26.5 Å². The second-order valence-electron chi connectivity index (χ2n) is 12.6. The maximum Gasteiger partial charge on any atom is 0.472 e. The van der Waals surface area contributed by atoms with Gasteiger partial charge in [-0.3, -0.25) is 18.6 Å². The summed E-state index contributed by atoms with van der Waals surface area (Å²) in [6.45, 7) is 3.37. The molecule has 268 valence electrons. The maximum atomic E-state index is 12.0. The second-order valence-corrected chi connectivity index (χ2v) is 14.0. The van der Waals surface area contributed by atoms with Crippen LogP contribution in [0, 0.1) is 0 Å². The first-order chi connectivity index (χ1) is 21.8. The van der Waals surface area contributed by atoms with Crippen molar-refractivity contribution in [1.29, 1.82) is 0 Å². The minimum atomic E-state index is -4.39. The number of phosphoric ester groups is 1. The fraction of sp³-hybridized carbons (Fsp3) is 0.943. The number of aliphatic hydroxyl groups is 1. The Morgan fingerprint density at radius 1 is 0.600 bits per heavy atom. The van der Waals surface area contributed by atoms with Gasteiger partial charge in [-0.1, -0.05) is 155 Å². The van der Waals surface area contributed by atoms with Crippen LogP contribution >= 0.6 is 7.82 Å². The van der Waals surface area contributed by atoms with Gasteiger partial charge in [-0.25, -0.2) is 4.57 Å². The molecule has 0 aromatic heterocycles. The number of carbonyl (C=O) groups excluding carboxylic acids is 2. The zero-order chi connectivity index (χ0) is 33.3. The number of phosphoric acid groups is 1. The molecular formula is C35H70NO8P. The van der Waals surface area contributed by atoms with Gasteiger partial charge >= 0.3 is 13.8 Å². The first-order valence-electron chi connectivity index (χ1n) is 18.5. The number of ether oxygens (including phenoxy) is 1. The van der Waals surface area contributed by atoms with E-state index in [1.54, 1.807) is 0 Å². The molecule has 1 amide bonds. The van der Waals surface area contributed by atoms with Crippen molar-refractivity contribution < 1.29 is 37.9 Å². The third kappa shape index (κ3) is 34.2. The predicted octanol–water partition coefficient (Wildman–Crippen LogP) is 9.32. The number of amides is 1. The Labute approximate surface area is 275 Å². The van der Waals surface area contributed by atoms with E-state index in [4.69, 9.17) is 13.8 Å².